The molecular weight excluding hydrogens is 280 g/mol. The van der Waals surface area contributed by atoms with E-state index in [2.05, 4.69) is 27.0 Å². The molecule has 1 aromatic heterocycles. The summed E-state index contributed by atoms with van der Waals surface area (Å²) >= 11 is 3.51. The molecule has 0 saturated heterocycles. The van der Waals surface area contributed by atoms with Crippen molar-refractivity contribution in [1.82, 2.24) is 4.98 Å². The predicted octanol–water partition coefficient (Wildman–Crippen LogP) is 2.81. The third-order valence-corrected chi connectivity index (χ3v) is 3.33. The molecule has 1 amide bonds. The van der Waals surface area contributed by atoms with Gasteiger partial charge in [-0.15, -0.1) is 0 Å². The van der Waals surface area contributed by atoms with Crippen LogP contribution in [0.3, 0.4) is 0 Å². The fraction of sp³-hybridized carbons (Fsp3) is 0.231. The Labute approximate surface area is 108 Å². The fourth-order valence-corrected chi connectivity index (χ4v) is 2.22. The summed E-state index contributed by atoms with van der Waals surface area (Å²) in [5, 5.41) is 1.10. The Balaban J connectivity index is 2.19. The van der Waals surface area contributed by atoms with Crippen LogP contribution in [0.1, 0.15) is 18.4 Å². The predicted molar refractivity (Wildman–Crippen MR) is 71.6 cm³/mol. The van der Waals surface area contributed by atoms with Crippen molar-refractivity contribution in [2.45, 2.75) is 19.3 Å². The van der Waals surface area contributed by atoms with E-state index in [1.807, 2.05) is 18.2 Å². The highest BCUT2D eigenvalue weighted by molar-refractivity contribution is 9.10. The van der Waals surface area contributed by atoms with Crippen molar-refractivity contribution in [3.63, 3.8) is 0 Å². The number of aryl methyl sites for hydroxylation is 1. The van der Waals surface area contributed by atoms with Crippen molar-refractivity contribution in [1.29, 1.82) is 0 Å². The number of aromatic nitrogens is 1. The largest absolute Gasteiger partial charge is 0.370 e. The van der Waals surface area contributed by atoms with Gasteiger partial charge in [-0.2, -0.15) is 0 Å². The zero-order valence-electron chi connectivity index (χ0n) is 9.32. The molecular formula is C13H13BrN2O. The summed E-state index contributed by atoms with van der Waals surface area (Å²) in [7, 11) is 0. The highest BCUT2D eigenvalue weighted by atomic mass is 79.9. The molecule has 0 aliphatic carbocycles. The highest BCUT2D eigenvalue weighted by Gasteiger charge is 2.02. The Bertz CT molecular complexity index is 554. The number of fused-ring (bicyclic) bond motifs is 1. The van der Waals surface area contributed by atoms with E-state index < -0.39 is 0 Å². The minimum atomic E-state index is -0.242. The van der Waals surface area contributed by atoms with Gasteiger partial charge in [0.2, 0.25) is 5.91 Å². The third kappa shape index (κ3) is 3.03. The number of rotatable bonds is 4. The number of amides is 1. The van der Waals surface area contributed by atoms with Crippen LogP contribution in [0, 0.1) is 0 Å². The van der Waals surface area contributed by atoms with E-state index in [0.29, 0.717) is 6.42 Å². The van der Waals surface area contributed by atoms with Gasteiger partial charge in [-0.05, 0) is 36.6 Å². The summed E-state index contributed by atoms with van der Waals surface area (Å²) < 4.78 is 1.04. The highest BCUT2D eigenvalue weighted by Crippen LogP contribution is 2.23. The van der Waals surface area contributed by atoms with Gasteiger partial charge in [-0.3, -0.25) is 9.78 Å². The van der Waals surface area contributed by atoms with Crippen LogP contribution in [0.5, 0.6) is 0 Å². The van der Waals surface area contributed by atoms with Crippen molar-refractivity contribution in [3.8, 4) is 0 Å². The molecule has 0 spiro atoms. The average Bonchev–Trinajstić information content (AvgIpc) is 2.30. The first-order chi connectivity index (χ1) is 8.16. The Kier molecular flexibility index (Phi) is 3.74. The van der Waals surface area contributed by atoms with E-state index in [9.17, 15) is 4.79 Å². The Morgan fingerprint density at radius 1 is 1.35 bits per heavy atom. The maximum atomic E-state index is 10.7. The molecule has 88 valence electrons. The smallest absolute Gasteiger partial charge is 0.217 e. The molecule has 0 fully saturated rings. The normalized spacial score (nSPS) is 10.6. The van der Waals surface area contributed by atoms with E-state index in [1.165, 1.54) is 5.56 Å². The van der Waals surface area contributed by atoms with Gasteiger partial charge in [-0.1, -0.05) is 22.0 Å². The van der Waals surface area contributed by atoms with Gasteiger partial charge in [0.05, 0.1) is 5.52 Å². The molecule has 2 N–H and O–H groups in total. The summed E-state index contributed by atoms with van der Waals surface area (Å²) in [6.07, 6.45) is 3.87. The number of hydrogen-bond acceptors (Lipinski definition) is 2. The van der Waals surface area contributed by atoms with Gasteiger partial charge in [0.25, 0.3) is 0 Å². The quantitative estimate of drug-likeness (QED) is 0.942. The second kappa shape index (κ2) is 5.27. The molecule has 0 atom stereocenters. The van der Waals surface area contributed by atoms with Crippen LogP contribution in [0.15, 0.2) is 34.9 Å². The van der Waals surface area contributed by atoms with Crippen molar-refractivity contribution in [2.24, 2.45) is 5.73 Å². The van der Waals surface area contributed by atoms with E-state index in [-0.39, 0.29) is 5.91 Å². The molecule has 0 aliphatic rings. The first-order valence-electron chi connectivity index (χ1n) is 5.48. The van der Waals surface area contributed by atoms with Crippen molar-refractivity contribution < 1.29 is 4.79 Å². The lowest BCUT2D eigenvalue weighted by Crippen LogP contribution is -2.10. The molecule has 1 heterocycles. The summed E-state index contributed by atoms with van der Waals surface area (Å²) in [6.45, 7) is 0. The number of primary amides is 1. The van der Waals surface area contributed by atoms with Crippen LogP contribution >= 0.6 is 15.9 Å². The molecule has 3 nitrogen and oxygen atoms in total. The van der Waals surface area contributed by atoms with Gasteiger partial charge >= 0.3 is 0 Å². The number of pyridine rings is 1. The second-order valence-corrected chi connectivity index (χ2v) is 4.82. The van der Waals surface area contributed by atoms with Crippen LogP contribution in [0.25, 0.3) is 10.9 Å². The lowest BCUT2D eigenvalue weighted by Gasteiger charge is -2.04. The first-order valence-corrected chi connectivity index (χ1v) is 6.27. The number of hydrogen-bond donors (Lipinski definition) is 1. The fourth-order valence-electron chi connectivity index (χ4n) is 1.78. The second-order valence-electron chi connectivity index (χ2n) is 3.96. The molecule has 2 aromatic rings. The number of carbonyl (C=O) groups is 1. The summed E-state index contributed by atoms with van der Waals surface area (Å²) in [5.41, 5.74) is 7.29. The van der Waals surface area contributed by atoms with Gasteiger partial charge in [0.1, 0.15) is 0 Å². The van der Waals surface area contributed by atoms with Crippen LogP contribution in [-0.2, 0) is 11.2 Å². The summed E-state index contributed by atoms with van der Waals surface area (Å²) in [5.74, 6) is -0.242. The SMILES string of the molecule is NC(=O)CCCc1ccc2nccc(Br)c2c1. The van der Waals surface area contributed by atoms with Crippen LogP contribution in [0.2, 0.25) is 0 Å². The summed E-state index contributed by atoms with van der Waals surface area (Å²) in [6, 6.07) is 8.07. The van der Waals surface area contributed by atoms with Gasteiger partial charge < -0.3 is 5.73 Å². The molecule has 17 heavy (non-hydrogen) atoms. The van der Waals surface area contributed by atoms with E-state index in [0.717, 1.165) is 28.2 Å². The monoisotopic (exact) mass is 292 g/mol. The maximum Gasteiger partial charge on any atom is 0.217 e. The van der Waals surface area contributed by atoms with Crippen molar-refractivity contribution in [3.05, 3.63) is 40.5 Å². The number of nitrogens with zero attached hydrogens (tertiary/aromatic N) is 1. The van der Waals surface area contributed by atoms with Crippen molar-refractivity contribution in [2.75, 3.05) is 0 Å². The lowest BCUT2D eigenvalue weighted by atomic mass is 10.1. The molecule has 2 rings (SSSR count). The minimum absolute atomic E-state index is 0.242. The zero-order valence-corrected chi connectivity index (χ0v) is 10.9. The van der Waals surface area contributed by atoms with E-state index in [4.69, 9.17) is 5.73 Å². The Morgan fingerprint density at radius 2 is 2.18 bits per heavy atom. The molecule has 4 heteroatoms. The first kappa shape index (κ1) is 12.0. The third-order valence-electron chi connectivity index (χ3n) is 2.64. The number of halogens is 1. The molecule has 0 unspecified atom stereocenters. The van der Waals surface area contributed by atoms with Gasteiger partial charge in [0.15, 0.2) is 0 Å². The maximum absolute atomic E-state index is 10.7. The standard InChI is InChI=1S/C13H13BrN2O/c14-11-6-7-16-12-5-4-9(8-10(11)12)2-1-3-13(15)17/h4-8H,1-3H2,(H2,15,17). The zero-order chi connectivity index (χ0) is 12.3. The number of carbonyl (C=O) groups excluding carboxylic acids is 1. The van der Waals surface area contributed by atoms with E-state index in [1.54, 1.807) is 6.20 Å². The molecule has 0 aliphatic heterocycles. The number of nitrogens with two attached hydrogens (primary N) is 1. The van der Waals surface area contributed by atoms with Gasteiger partial charge in [0, 0.05) is 22.5 Å². The minimum Gasteiger partial charge on any atom is -0.370 e. The Hall–Kier alpha value is -1.42. The summed E-state index contributed by atoms with van der Waals surface area (Å²) in [4.78, 5) is 14.9. The molecule has 0 saturated carbocycles. The van der Waals surface area contributed by atoms with Crippen molar-refractivity contribution >= 4 is 32.7 Å². The lowest BCUT2D eigenvalue weighted by molar-refractivity contribution is -0.118. The van der Waals surface area contributed by atoms with Gasteiger partial charge in [-0.25, -0.2) is 0 Å². The molecule has 1 aromatic carbocycles. The number of benzene rings is 1. The van der Waals surface area contributed by atoms with Crippen LogP contribution < -0.4 is 5.73 Å². The molecule has 0 bridgehead atoms. The average molecular weight is 293 g/mol. The Morgan fingerprint density at radius 3 is 2.94 bits per heavy atom. The molecule has 0 radical (unpaired) electrons. The van der Waals surface area contributed by atoms with E-state index >= 15 is 0 Å². The van der Waals surface area contributed by atoms with Crippen LogP contribution in [0.4, 0.5) is 0 Å². The topological polar surface area (TPSA) is 56.0 Å². The van der Waals surface area contributed by atoms with Crippen LogP contribution in [-0.4, -0.2) is 10.9 Å².